The minimum absolute atomic E-state index is 0.529. The maximum atomic E-state index is 4.05. The van der Waals surface area contributed by atoms with Crippen LogP contribution in [0.15, 0.2) is 42.5 Å². The first-order valence-electron chi connectivity index (χ1n) is 8.55. The summed E-state index contributed by atoms with van der Waals surface area (Å²) < 4.78 is 0. The number of unbranched alkanes of at least 4 members (excludes halogenated alkanes) is 2. The van der Waals surface area contributed by atoms with Gasteiger partial charge in [0, 0.05) is 5.92 Å². The molecule has 0 saturated carbocycles. The van der Waals surface area contributed by atoms with Gasteiger partial charge in [-0.1, -0.05) is 55.7 Å². The summed E-state index contributed by atoms with van der Waals surface area (Å²) in [6, 6.07) is 7.12. The highest BCUT2D eigenvalue weighted by Gasteiger charge is 2.23. The van der Waals surface area contributed by atoms with E-state index in [0.717, 1.165) is 0 Å². The highest BCUT2D eigenvalue weighted by molar-refractivity contribution is 5.38. The van der Waals surface area contributed by atoms with Gasteiger partial charge in [0.1, 0.15) is 0 Å². The molecule has 0 amide bonds. The molecule has 0 heteroatoms. The van der Waals surface area contributed by atoms with Crippen molar-refractivity contribution >= 4 is 0 Å². The van der Waals surface area contributed by atoms with Gasteiger partial charge in [-0.15, -0.1) is 6.58 Å². The van der Waals surface area contributed by atoms with Crippen LogP contribution in [0.3, 0.4) is 0 Å². The lowest BCUT2D eigenvalue weighted by Crippen LogP contribution is -2.15. The Bertz CT molecular complexity index is 507. The molecule has 2 unspecified atom stereocenters. The fourth-order valence-corrected chi connectivity index (χ4v) is 3.52. The van der Waals surface area contributed by atoms with E-state index in [2.05, 4.69) is 57.7 Å². The molecule has 1 aliphatic rings. The zero-order valence-corrected chi connectivity index (χ0v) is 14.0. The van der Waals surface area contributed by atoms with Gasteiger partial charge in [0.15, 0.2) is 0 Å². The van der Waals surface area contributed by atoms with Gasteiger partial charge >= 0.3 is 0 Å². The molecular formula is C21H30. The minimum atomic E-state index is 0.529. The van der Waals surface area contributed by atoms with Gasteiger partial charge in [0.2, 0.25) is 0 Å². The quantitative estimate of drug-likeness (QED) is 0.421. The van der Waals surface area contributed by atoms with Gasteiger partial charge in [-0.3, -0.25) is 0 Å². The molecule has 0 spiro atoms. The van der Waals surface area contributed by atoms with Crippen molar-refractivity contribution < 1.29 is 0 Å². The summed E-state index contributed by atoms with van der Waals surface area (Å²) in [5.74, 6) is 1.12. The Morgan fingerprint density at radius 3 is 2.71 bits per heavy atom. The van der Waals surface area contributed by atoms with E-state index in [4.69, 9.17) is 0 Å². The molecule has 21 heavy (non-hydrogen) atoms. The molecule has 114 valence electrons. The Kier molecular flexibility index (Phi) is 5.85. The molecule has 0 aromatic heterocycles. The molecule has 0 N–H and O–H groups in total. The van der Waals surface area contributed by atoms with Gasteiger partial charge in [-0.25, -0.2) is 0 Å². The first-order valence-corrected chi connectivity index (χ1v) is 8.55. The number of aryl methyl sites for hydroxylation is 2. The lowest BCUT2D eigenvalue weighted by molar-refractivity contribution is 0.506. The minimum Gasteiger partial charge on any atom is -0.103 e. The van der Waals surface area contributed by atoms with E-state index in [1.807, 2.05) is 0 Å². The smallest absolute Gasteiger partial charge is 0.00860 e. The largest absolute Gasteiger partial charge is 0.103 e. The van der Waals surface area contributed by atoms with Crippen molar-refractivity contribution in [1.82, 2.24) is 0 Å². The normalized spacial score (nSPS) is 22.0. The van der Waals surface area contributed by atoms with Crippen LogP contribution in [0.4, 0.5) is 0 Å². The predicted molar refractivity (Wildman–Crippen MR) is 93.8 cm³/mol. The Labute approximate surface area is 131 Å². The molecule has 0 radical (unpaired) electrons. The van der Waals surface area contributed by atoms with Crippen molar-refractivity contribution in [3.8, 4) is 0 Å². The molecule has 1 aromatic rings. The van der Waals surface area contributed by atoms with E-state index in [-0.39, 0.29) is 0 Å². The van der Waals surface area contributed by atoms with E-state index in [9.17, 15) is 0 Å². The Morgan fingerprint density at radius 2 is 2.05 bits per heavy atom. The Hall–Kier alpha value is -1.30. The molecule has 0 saturated heterocycles. The van der Waals surface area contributed by atoms with Gasteiger partial charge < -0.3 is 0 Å². The number of hydrogen-bond acceptors (Lipinski definition) is 0. The zero-order chi connectivity index (χ0) is 15.2. The summed E-state index contributed by atoms with van der Waals surface area (Å²) in [6.45, 7) is 10.9. The van der Waals surface area contributed by atoms with E-state index < -0.39 is 0 Å². The average Bonchev–Trinajstić information content (AvgIpc) is 2.48. The van der Waals surface area contributed by atoms with Crippen LogP contribution in [0.25, 0.3) is 0 Å². The highest BCUT2D eigenvalue weighted by Crippen LogP contribution is 2.38. The molecule has 0 fully saturated rings. The topological polar surface area (TPSA) is 0 Å². The molecule has 1 aliphatic carbocycles. The summed E-state index contributed by atoms with van der Waals surface area (Å²) >= 11 is 0. The van der Waals surface area contributed by atoms with Crippen LogP contribution in [-0.2, 0) is 6.42 Å². The van der Waals surface area contributed by atoms with Crippen LogP contribution < -0.4 is 0 Å². The summed E-state index contributed by atoms with van der Waals surface area (Å²) in [5, 5.41) is 0. The molecule has 1 aromatic carbocycles. The van der Waals surface area contributed by atoms with Crippen molar-refractivity contribution in [3.05, 3.63) is 59.2 Å². The van der Waals surface area contributed by atoms with Crippen molar-refractivity contribution in [2.24, 2.45) is 5.92 Å². The summed E-state index contributed by atoms with van der Waals surface area (Å²) in [4.78, 5) is 0. The Balaban J connectivity index is 2.19. The van der Waals surface area contributed by atoms with Gasteiger partial charge in [-0.05, 0) is 62.1 Å². The SMILES string of the molecule is C=CC1CCC(C)=CC1c1ccc(CCCCC)cc1C. The third-order valence-electron chi connectivity index (χ3n) is 4.86. The standard InChI is InChI=1S/C21H30/c1-5-7-8-9-18-11-13-20(17(4)15-18)21-14-16(3)10-12-19(21)6-2/h6,11,13-15,19,21H,2,5,7-10,12H2,1,3-4H3. The third kappa shape index (κ3) is 4.09. The van der Waals surface area contributed by atoms with E-state index in [0.29, 0.717) is 11.8 Å². The summed E-state index contributed by atoms with van der Waals surface area (Å²) in [6.07, 6.45) is 12.3. The summed E-state index contributed by atoms with van der Waals surface area (Å²) in [7, 11) is 0. The lowest BCUT2D eigenvalue weighted by Gasteiger charge is -2.29. The average molecular weight is 282 g/mol. The molecular weight excluding hydrogens is 252 g/mol. The van der Waals surface area contributed by atoms with Crippen LogP contribution in [-0.4, -0.2) is 0 Å². The van der Waals surface area contributed by atoms with Gasteiger partial charge in [0.25, 0.3) is 0 Å². The summed E-state index contributed by atoms with van der Waals surface area (Å²) in [5.41, 5.74) is 5.98. The molecule has 0 heterocycles. The van der Waals surface area contributed by atoms with E-state index in [1.165, 1.54) is 60.8 Å². The number of rotatable bonds is 6. The van der Waals surface area contributed by atoms with Crippen LogP contribution in [0.2, 0.25) is 0 Å². The van der Waals surface area contributed by atoms with Crippen LogP contribution in [0.5, 0.6) is 0 Å². The molecule has 0 nitrogen and oxygen atoms in total. The lowest BCUT2D eigenvalue weighted by atomic mass is 9.76. The maximum absolute atomic E-state index is 4.05. The monoisotopic (exact) mass is 282 g/mol. The highest BCUT2D eigenvalue weighted by atomic mass is 14.3. The fourth-order valence-electron chi connectivity index (χ4n) is 3.52. The molecule has 0 bridgehead atoms. The van der Waals surface area contributed by atoms with Crippen LogP contribution in [0, 0.1) is 12.8 Å². The van der Waals surface area contributed by atoms with Crippen molar-refractivity contribution in [1.29, 1.82) is 0 Å². The molecule has 2 rings (SSSR count). The number of benzene rings is 1. The zero-order valence-electron chi connectivity index (χ0n) is 14.0. The van der Waals surface area contributed by atoms with E-state index >= 15 is 0 Å². The second kappa shape index (κ2) is 7.64. The van der Waals surface area contributed by atoms with E-state index in [1.54, 1.807) is 0 Å². The van der Waals surface area contributed by atoms with Crippen LogP contribution in [0.1, 0.15) is 68.6 Å². The van der Waals surface area contributed by atoms with Crippen molar-refractivity contribution in [2.45, 2.75) is 65.2 Å². The number of allylic oxidation sites excluding steroid dienone is 3. The van der Waals surface area contributed by atoms with Crippen LogP contribution >= 0.6 is 0 Å². The second-order valence-electron chi connectivity index (χ2n) is 6.63. The first kappa shape index (κ1) is 16.1. The molecule has 0 aliphatic heterocycles. The third-order valence-corrected chi connectivity index (χ3v) is 4.86. The maximum Gasteiger partial charge on any atom is 0.00860 e. The molecule has 2 atom stereocenters. The van der Waals surface area contributed by atoms with Crippen molar-refractivity contribution in [3.63, 3.8) is 0 Å². The second-order valence-corrected chi connectivity index (χ2v) is 6.63. The first-order chi connectivity index (χ1) is 10.2. The van der Waals surface area contributed by atoms with Gasteiger partial charge in [-0.2, -0.15) is 0 Å². The number of hydrogen-bond donors (Lipinski definition) is 0. The predicted octanol–water partition coefficient (Wildman–Crippen LogP) is 6.35. The Morgan fingerprint density at radius 1 is 1.24 bits per heavy atom. The fraction of sp³-hybridized carbons (Fsp3) is 0.524. The van der Waals surface area contributed by atoms with Crippen molar-refractivity contribution in [2.75, 3.05) is 0 Å². The van der Waals surface area contributed by atoms with Gasteiger partial charge in [0.05, 0.1) is 0 Å².